The molecule has 0 amide bonds. The van der Waals surface area contributed by atoms with Crippen LogP contribution in [0.15, 0.2) is 16.3 Å². The van der Waals surface area contributed by atoms with Crippen LogP contribution in [0.3, 0.4) is 0 Å². The van der Waals surface area contributed by atoms with E-state index in [9.17, 15) is 9.90 Å². The highest BCUT2D eigenvalue weighted by Crippen LogP contribution is 2.22. The molecule has 0 aliphatic heterocycles. The summed E-state index contributed by atoms with van der Waals surface area (Å²) in [6.07, 6.45) is 6.01. The van der Waals surface area contributed by atoms with Crippen molar-refractivity contribution in [2.45, 2.75) is 52.4 Å². The predicted octanol–water partition coefficient (Wildman–Crippen LogP) is 3.20. The van der Waals surface area contributed by atoms with E-state index < -0.39 is 0 Å². The summed E-state index contributed by atoms with van der Waals surface area (Å²) in [5.41, 5.74) is 1.27. The first kappa shape index (κ1) is 12.9. The Hall–Kier alpha value is -1.12. The summed E-state index contributed by atoms with van der Waals surface area (Å²) in [7, 11) is 0. The van der Waals surface area contributed by atoms with Crippen molar-refractivity contribution in [2.75, 3.05) is 6.54 Å². The summed E-state index contributed by atoms with van der Waals surface area (Å²) in [4.78, 5) is 15.7. The van der Waals surface area contributed by atoms with Crippen molar-refractivity contribution in [3.63, 3.8) is 0 Å². The molecule has 3 nitrogen and oxygen atoms in total. The molecule has 1 N–H and O–H groups in total. The zero-order valence-electron chi connectivity index (χ0n) is 10.3. The van der Waals surface area contributed by atoms with Gasteiger partial charge in [-0.1, -0.05) is 26.2 Å². The number of hydrogen-bond donors (Lipinski definition) is 1. The lowest BCUT2D eigenvalue weighted by Gasteiger charge is -2.01. The van der Waals surface area contributed by atoms with Crippen molar-refractivity contribution in [3.8, 4) is 0 Å². The Balaban J connectivity index is 2.48. The summed E-state index contributed by atoms with van der Waals surface area (Å²) in [5.74, 6) is 0.155. The summed E-state index contributed by atoms with van der Waals surface area (Å²) >= 11 is 0. The van der Waals surface area contributed by atoms with Crippen LogP contribution in [0.25, 0.3) is 0 Å². The van der Waals surface area contributed by atoms with Crippen LogP contribution in [-0.2, 0) is 4.79 Å². The second-order valence-electron chi connectivity index (χ2n) is 4.27. The molecular weight excluding hydrogens is 202 g/mol. The van der Waals surface area contributed by atoms with E-state index in [1.54, 1.807) is 0 Å². The quantitative estimate of drug-likeness (QED) is 0.703. The van der Waals surface area contributed by atoms with Gasteiger partial charge in [-0.15, -0.1) is 0 Å². The highest BCUT2D eigenvalue weighted by Gasteiger charge is 2.23. The van der Waals surface area contributed by atoms with Gasteiger partial charge in [0.15, 0.2) is 5.78 Å². The monoisotopic (exact) mass is 223 g/mol. The van der Waals surface area contributed by atoms with Gasteiger partial charge in [0, 0.05) is 18.7 Å². The fourth-order valence-corrected chi connectivity index (χ4v) is 1.97. The van der Waals surface area contributed by atoms with Crippen LogP contribution in [0.1, 0.15) is 52.4 Å². The molecule has 0 aromatic carbocycles. The van der Waals surface area contributed by atoms with Crippen LogP contribution in [0.4, 0.5) is 0 Å². The van der Waals surface area contributed by atoms with Gasteiger partial charge in [-0.2, -0.15) is 0 Å². The van der Waals surface area contributed by atoms with E-state index in [1.807, 2.05) is 0 Å². The summed E-state index contributed by atoms with van der Waals surface area (Å²) in [6.45, 7) is 4.44. The fourth-order valence-electron chi connectivity index (χ4n) is 1.97. The molecule has 0 heterocycles. The fraction of sp³-hybridized carbons (Fsp3) is 0.692. The molecule has 90 valence electrons. The molecule has 16 heavy (non-hydrogen) atoms. The highest BCUT2D eigenvalue weighted by atomic mass is 16.3. The first-order chi connectivity index (χ1) is 7.66. The Morgan fingerprint density at radius 2 is 2.06 bits per heavy atom. The molecule has 0 aromatic rings. The Kier molecular flexibility index (Phi) is 5.23. The number of ketones is 1. The lowest BCUT2D eigenvalue weighted by Crippen LogP contribution is -2.07. The molecule has 0 radical (unpaired) electrons. The summed E-state index contributed by atoms with van der Waals surface area (Å²) in [5, 5.41) is 9.55. The number of hydrogen-bond acceptors (Lipinski definition) is 3. The topological polar surface area (TPSA) is 49.7 Å². The minimum absolute atomic E-state index is 0.0673. The number of Topliss-reactive ketones (excluding diaryl/α,β-unsaturated/α-hetero) is 1. The molecule has 0 unspecified atom stereocenters. The van der Waals surface area contributed by atoms with Crippen LogP contribution in [0.2, 0.25) is 0 Å². The van der Waals surface area contributed by atoms with E-state index in [1.165, 1.54) is 26.2 Å². The number of aliphatic imine (C=N–C) groups is 1. The molecule has 0 saturated heterocycles. The van der Waals surface area contributed by atoms with Gasteiger partial charge in [0.05, 0.1) is 5.57 Å². The minimum Gasteiger partial charge on any atom is -0.511 e. The first-order valence-corrected chi connectivity index (χ1v) is 6.13. The zero-order valence-corrected chi connectivity index (χ0v) is 10.3. The van der Waals surface area contributed by atoms with Gasteiger partial charge in [-0.3, -0.25) is 9.79 Å². The maximum Gasteiger partial charge on any atom is 0.164 e. The van der Waals surface area contributed by atoms with Gasteiger partial charge in [0.25, 0.3) is 0 Å². The van der Waals surface area contributed by atoms with Crippen molar-refractivity contribution >= 4 is 11.5 Å². The van der Waals surface area contributed by atoms with Gasteiger partial charge in [-0.05, 0) is 19.8 Å². The average molecular weight is 223 g/mol. The Morgan fingerprint density at radius 3 is 2.69 bits per heavy atom. The van der Waals surface area contributed by atoms with Crippen molar-refractivity contribution in [1.29, 1.82) is 0 Å². The predicted molar refractivity (Wildman–Crippen MR) is 66.0 cm³/mol. The molecule has 0 atom stereocenters. The SMILES string of the molecule is CCCCCCN=C1CCC(O)=C1C(C)=O. The van der Waals surface area contributed by atoms with Crippen LogP contribution >= 0.6 is 0 Å². The average Bonchev–Trinajstić information content (AvgIpc) is 2.59. The molecule has 0 fully saturated rings. The van der Waals surface area contributed by atoms with Crippen LogP contribution < -0.4 is 0 Å². The van der Waals surface area contributed by atoms with E-state index in [-0.39, 0.29) is 11.5 Å². The van der Waals surface area contributed by atoms with E-state index >= 15 is 0 Å². The molecule has 1 rings (SSSR count). The summed E-state index contributed by atoms with van der Waals surface area (Å²) in [6, 6.07) is 0. The van der Waals surface area contributed by atoms with Crippen LogP contribution in [-0.4, -0.2) is 23.1 Å². The second-order valence-corrected chi connectivity index (χ2v) is 4.27. The number of unbranched alkanes of at least 4 members (excludes halogenated alkanes) is 3. The number of carbonyl (C=O) groups excluding carboxylic acids is 1. The number of nitrogens with zero attached hydrogens (tertiary/aromatic N) is 1. The maximum absolute atomic E-state index is 11.3. The third kappa shape index (κ3) is 3.47. The first-order valence-electron chi connectivity index (χ1n) is 6.13. The molecule has 1 aliphatic rings. The van der Waals surface area contributed by atoms with Crippen molar-refractivity contribution < 1.29 is 9.90 Å². The third-order valence-electron chi connectivity index (χ3n) is 2.84. The lowest BCUT2D eigenvalue weighted by atomic mass is 10.1. The van der Waals surface area contributed by atoms with Crippen LogP contribution in [0, 0.1) is 0 Å². The number of aliphatic hydroxyl groups excluding tert-OH is 1. The smallest absolute Gasteiger partial charge is 0.164 e. The Labute approximate surface area is 97.3 Å². The second kappa shape index (κ2) is 6.46. The van der Waals surface area contributed by atoms with Gasteiger partial charge in [0.1, 0.15) is 5.76 Å². The molecule has 1 aliphatic carbocycles. The van der Waals surface area contributed by atoms with Crippen molar-refractivity contribution in [1.82, 2.24) is 0 Å². The number of allylic oxidation sites excluding steroid dienone is 2. The lowest BCUT2D eigenvalue weighted by molar-refractivity contribution is -0.113. The molecular formula is C13H21NO2. The highest BCUT2D eigenvalue weighted by molar-refractivity contribution is 6.23. The van der Waals surface area contributed by atoms with E-state index in [4.69, 9.17) is 0 Å². The van der Waals surface area contributed by atoms with Crippen molar-refractivity contribution in [3.05, 3.63) is 11.3 Å². The van der Waals surface area contributed by atoms with Gasteiger partial charge < -0.3 is 5.11 Å². The summed E-state index contributed by atoms with van der Waals surface area (Å²) < 4.78 is 0. The minimum atomic E-state index is -0.0673. The van der Waals surface area contributed by atoms with E-state index in [0.717, 1.165) is 18.7 Å². The molecule has 3 heteroatoms. The molecule has 0 saturated carbocycles. The van der Waals surface area contributed by atoms with Crippen molar-refractivity contribution in [2.24, 2.45) is 4.99 Å². The maximum atomic E-state index is 11.3. The van der Waals surface area contributed by atoms with Gasteiger partial charge in [0.2, 0.25) is 0 Å². The number of rotatable bonds is 6. The Morgan fingerprint density at radius 1 is 1.31 bits per heavy atom. The standard InChI is InChI=1S/C13H21NO2/c1-3-4-5-6-9-14-11-7-8-12(16)13(11)10(2)15/h16H,3-9H2,1-2H3. The molecule has 0 bridgehead atoms. The van der Waals surface area contributed by atoms with E-state index in [0.29, 0.717) is 18.4 Å². The third-order valence-corrected chi connectivity index (χ3v) is 2.84. The van der Waals surface area contributed by atoms with E-state index in [2.05, 4.69) is 11.9 Å². The largest absolute Gasteiger partial charge is 0.511 e. The Bertz CT molecular complexity index is 316. The molecule has 0 aromatic heterocycles. The normalized spacial score (nSPS) is 18.5. The number of carbonyl (C=O) groups is 1. The van der Waals surface area contributed by atoms with Gasteiger partial charge in [-0.25, -0.2) is 0 Å². The number of aliphatic hydroxyl groups is 1. The zero-order chi connectivity index (χ0) is 12.0. The molecule has 0 spiro atoms. The van der Waals surface area contributed by atoms with Gasteiger partial charge >= 0.3 is 0 Å². The van der Waals surface area contributed by atoms with Crippen LogP contribution in [0.5, 0.6) is 0 Å².